The Morgan fingerprint density at radius 3 is 2.53 bits per heavy atom. The second kappa shape index (κ2) is 10.4. The van der Waals surface area contributed by atoms with Gasteiger partial charge in [-0.3, -0.25) is 9.59 Å². The van der Waals surface area contributed by atoms with Crippen LogP contribution >= 0.6 is 11.3 Å². The molecule has 1 saturated heterocycles. The molecule has 1 N–H and O–H groups in total. The number of anilines is 2. The molecule has 1 aliphatic rings. The third kappa shape index (κ3) is 6.06. The maximum atomic E-state index is 12.6. The highest BCUT2D eigenvalue weighted by Gasteiger charge is 2.34. The van der Waals surface area contributed by atoms with Crippen LogP contribution in [0.5, 0.6) is 0 Å². The summed E-state index contributed by atoms with van der Waals surface area (Å²) in [5.74, 6) is -0.856. The van der Waals surface area contributed by atoms with Gasteiger partial charge in [-0.1, -0.05) is 60.7 Å². The molecule has 34 heavy (non-hydrogen) atoms. The van der Waals surface area contributed by atoms with Crippen molar-refractivity contribution in [2.75, 3.05) is 22.5 Å². The normalized spacial score (nSPS) is 16.1. The Hall–Kier alpha value is -3.11. The van der Waals surface area contributed by atoms with Gasteiger partial charge in [0.05, 0.1) is 11.5 Å². The molecular formula is C24H26N4O4S2. The van der Waals surface area contributed by atoms with Crippen LogP contribution in [-0.2, 0) is 31.6 Å². The summed E-state index contributed by atoms with van der Waals surface area (Å²) < 4.78 is 24.6. The molecule has 2 aromatic carbocycles. The summed E-state index contributed by atoms with van der Waals surface area (Å²) in [6.07, 6.45) is 1.11. The number of aromatic nitrogens is 2. The van der Waals surface area contributed by atoms with Crippen LogP contribution in [0.1, 0.15) is 41.8 Å². The molecule has 0 spiro atoms. The summed E-state index contributed by atoms with van der Waals surface area (Å²) in [4.78, 5) is 26.6. The minimum Gasteiger partial charge on any atom is -0.312 e. The standard InChI is InChI=1S/C24H26N4O4S2/c1-2-17-8-10-20(11-9-17)28-15-19(14-22(28)30)23-26-27-24(33-23)25-21(29)12-13-34(31,32)16-18-6-4-3-5-7-18/h3-11,19H,2,12-16H2,1H3,(H,25,27,29). The second-order valence-electron chi connectivity index (χ2n) is 8.25. The fraction of sp³-hybridized carbons (Fsp3) is 0.333. The van der Waals surface area contributed by atoms with Crippen molar-refractivity contribution >= 4 is 43.8 Å². The van der Waals surface area contributed by atoms with E-state index in [1.807, 2.05) is 30.3 Å². The monoisotopic (exact) mass is 498 g/mol. The van der Waals surface area contributed by atoms with E-state index in [9.17, 15) is 18.0 Å². The number of aryl methyl sites for hydroxylation is 1. The zero-order valence-electron chi connectivity index (χ0n) is 18.8. The smallest absolute Gasteiger partial charge is 0.227 e. The van der Waals surface area contributed by atoms with Crippen molar-refractivity contribution in [3.63, 3.8) is 0 Å². The molecule has 3 aromatic rings. The molecular weight excluding hydrogens is 472 g/mol. The molecule has 0 saturated carbocycles. The van der Waals surface area contributed by atoms with E-state index in [2.05, 4.69) is 22.4 Å². The lowest BCUT2D eigenvalue weighted by molar-refractivity contribution is -0.117. The fourth-order valence-corrected chi connectivity index (χ4v) is 6.01. The van der Waals surface area contributed by atoms with Crippen LogP contribution in [0, 0.1) is 0 Å². The Balaban J connectivity index is 1.30. The van der Waals surface area contributed by atoms with Gasteiger partial charge in [-0.05, 0) is 29.7 Å². The molecule has 178 valence electrons. The van der Waals surface area contributed by atoms with Crippen molar-refractivity contribution in [3.8, 4) is 0 Å². The number of sulfone groups is 1. The molecule has 4 rings (SSSR count). The molecule has 0 bridgehead atoms. The number of nitrogens with one attached hydrogen (secondary N) is 1. The van der Waals surface area contributed by atoms with Crippen molar-refractivity contribution in [3.05, 3.63) is 70.7 Å². The lowest BCUT2D eigenvalue weighted by Crippen LogP contribution is -2.24. The molecule has 0 radical (unpaired) electrons. The van der Waals surface area contributed by atoms with Crippen LogP contribution in [-0.4, -0.2) is 42.7 Å². The molecule has 2 heterocycles. The Morgan fingerprint density at radius 2 is 1.82 bits per heavy atom. The van der Waals surface area contributed by atoms with Gasteiger partial charge in [-0.25, -0.2) is 8.42 Å². The summed E-state index contributed by atoms with van der Waals surface area (Å²) >= 11 is 1.22. The van der Waals surface area contributed by atoms with Crippen LogP contribution in [0.4, 0.5) is 10.8 Å². The summed E-state index contributed by atoms with van der Waals surface area (Å²) in [7, 11) is -3.41. The molecule has 1 aliphatic heterocycles. The number of amides is 2. The molecule has 1 aromatic heterocycles. The number of hydrogen-bond acceptors (Lipinski definition) is 7. The minimum absolute atomic E-state index is 0.0265. The van der Waals surface area contributed by atoms with E-state index in [-0.39, 0.29) is 29.8 Å². The number of benzene rings is 2. The minimum atomic E-state index is -3.41. The lowest BCUT2D eigenvalue weighted by atomic mass is 10.1. The molecule has 1 unspecified atom stereocenters. The Labute approximate surface area is 202 Å². The van der Waals surface area contributed by atoms with Gasteiger partial charge in [0.25, 0.3) is 0 Å². The Morgan fingerprint density at radius 1 is 1.09 bits per heavy atom. The summed E-state index contributed by atoms with van der Waals surface area (Å²) in [6, 6.07) is 16.8. The lowest BCUT2D eigenvalue weighted by Gasteiger charge is -2.16. The first-order chi connectivity index (χ1) is 16.3. The van der Waals surface area contributed by atoms with E-state index in [0.29, 0.717) is 28.7 Å². The zero-order valence-corrected chi connectivity index (χ0v) is 20.4. The van der Waals surface area contributed by atoms with Gasteiger partial charge in [-0.15, -0.1) is 10.2 Å². The molecule has 10 heteroatoms. The largest absolute Gasteiger partial charge is 0.312 e. The second-order valence-corrected chi connectivity index (χ2v) is 11.4. The maximum absolute atomic E-state index is 12.6. The topological polar surface area (TPSA) is 109 Å². The average Bonchev–Trinajstić information content (AvgIpc) is 3.45. The van der Waals surface area contributed by atoms with Crippen LogP contribution in [0.15, 0.2) is 54.6 Å². The van der Waals surface area contributed by atoms with Gasteiger partial charge in [0.2, 0.25) is 16.9 Å². The van der Waals surface area contributed by atoms with Gasteiger partial charge < -0.3 is 10.2 Å². The van der Waals surface area contributed by atoms with Crippen molar-refractivity contribution < 1.29 is 18.0 Å². The molecule has 1 atom stereocenters. The SMILES string of the molecule is CCc1ccc(N2CC(c3nnc(NC(=O)CCS(=O)(=O)Cc4ccccc4)s3)CC2=O)cc1. The van der Waals surface area contributed by atoms with Crippen molar-refractivity contribution in [1.29, 1.82) is 0 Å². The predicted octanol–water partition coefficient (Wildman–Crippen LogP) is 3.56. The van der Waals surface area contributed by atoms with Crippen LogP contribution in [0.3, 0.4) is 0 Å². The van der Waals surface area contributed by atoms with E-state index in [4.69, 9.17) is 0 Å². The van der Waals surface area contributed by atoms with E-state index < -0.39 is 15.7 Å². The third-order valence-corrected chi connectivity index (χ3v) is 8.29. The first-order valence-corrected chi connectivity index (χ1v) is 13.7. The Bertz CT molecular complexity index is 1260. The van der Waals surface area contributed by atoms with E-state index in [1.165, 1.54) is 16.9 Å². The highest BCUT2D eigenvalue weighted by atomic mass is 32.2. The maximum Gasteiger partial charge on any atom is 0.227 e. The number of hydrogen-bond donors (Lipinski definition) is 1. The molecule has 0 aliphatic carbocycles. The highest BCUT2D eigenvalue weighted by Crippen LogP contribution is 2.34. The summed E-state index contributed by atoms with van der Waals surface area (Å²) in [5, 5.41) is 11.8. The Kier molecular flexibility index (Phi) is 7.38. The first-order valence-electron chi connectivity index (χ1n) is 11.1. The van der Waals surface area contributed by atoms with Gasteiger partial charge in [-0.2, -0.15) is 0 Å². The number of rotatable bonds is 9. The van der Waals surface area contributed by atoms with Crippen LogP contribution in [0.2, 0.25) is 0 Å². The molecule has 2 amide bonds. The van der Waals surface area contributed by atoms with Gasteiger partial charge in [0, 0.05) is 31.0 Å². The zero-order chi connectivity index (χ0) is 24.1. The number of carbonyl (C=O) groups is 2. The van der Waals surface area contributed by atoms with Crippen LogP contribution in [0.25, 0.3) is 0 Å². The van der Waals surface area contributed by atoms with E-state index in [1.54, 1.807) is 29.2 Å². The van der Waals surface area contributed by atoms with Gasteiger partial charge in [0.15, 0.2) is 9.84 Å². The highest BCUT2D eigenvalue weighted by molar-refractivity contribution is 7.90. The fourth-order valence-electron chi connectivity index (χ4n) is 3.81. The molecule has 1 fully saturated rings. The van der Waals surface area contributed by atoms with Crippen molar-refractivity contribution in [2.24, 2.45) is 0 Å². The summed E-state index contributed by atoms with van der Waals surface area (Å²) in [5.41, 5.74) is 2.77. The third-order valence-electron chi connectivity index (χ3n) is 5.69. The summed E-state index contributed by atoms with van der Waals surface area (Å²) in [6.45, 7) is 2.59. The van der Waals surface area contributed by atoms with Crippen molar-refractivity contribution in [1.82, 2.24) is 10.2 Å². The van der Waals surface area contributed by atoms with E-state index >= 15 is 0 Å². The quantitative estimate of drug-likeness (QED) is 0.483. The number of nitrogens with zero attached hydrogens (tertiary/aromatic N) is 3. The number of carbonyl (C=O) groups excluding carboxylic acids is 2. The van der Waals surface area contributed by atoms with Gasteiger partial charge >= 0.3 is 0 Å². The predicted molar refractivity (Wildman–Crippen MR) is 133 cm³/mol. The molecule has 8 nitrogen and oxygen atoms in total. The van der Waals surface area contributed by atoms with E-state index in [0.717, 1.165) is 12.1 Å². The first kappa shape index (κ1) is 24.0. The van der Waals surface area contributed by atoms with Crippen LogP contribution < -0.4 is 10.2 Å². The van der Waals surface area contributed by atoms with Crippen molar-refractivity contribution in [2.45, 2.75) is 37.9 Å². The average molecular weight is 499 g/mol. The van der Waals surface area contributed by atoms with Gasteiger partial charge in [0.1, 0.15) is 5.01 Å².